The van der Waals surface area contributed by atoms with Crippen molar-refractivity contribution < 1.29 is 31.1 Å². The highest BCUT2D eigenvalue weighted by Crippen LogP contribution is 2.33. The number of amides is 1. The number of alkyl halides is 2. The zero-order valence-corrected chi connectivity index (χ0v) is 16.4. The molecule has 1 aliphatic rings. The Morgan fingerprint density at radius 3 is 2.19 bits per heavy atom. The largest absolute Gasteiger partial charge is 0.333 e. The number of pyridine rings is 1. The number of nitrogens with one attached hydrogen (secondary N) is 2. The third-order valence-electron chi connectivity index (χ3n) is 5.49. The smallest absolute Gasteiger partial charge is 0.269 e. The molecule has 0 spiro atoms. The Morgan fingerprint density at radius 2 is 1.59 bits per heavy atom. The predicted molar refractivity (Wildman–Crippen MR) is 102 cm³/mol. The van der Waals surface area contributed by atoms with Crippen LogP contribution in [0, 0.1) is 23.3 Å². The van der Waals surface area contributed by atoms with Gasteiger partial charge in [-0.2, -0.15) is 0 Å². The van der Waals surface area contributed by atoms with Crippen molar-refractivity contribution in [3.05, 3.63) is 80.3 Å². The Kier molecular flexibility index (Phi) is 5.45. The van der Waals surface area contributed by atoms with E-state index in [4.69, 9.17) is 0 Å². The second kappa shape index (κ2) is 7.97. The molecular formula is C21H15F6N3O2. The standard InChI is InChI=1S/C21H15F6N3O2/c1-30(21(32)8-2-13(24)18(19(26)27)14(25)3-8)16-7-28-6-15-17(16)9-4-11(22)12(23)5-10(9)20(31)29-15/h2-5,16,19,28H,6-7H2,1H3,(H,29,31). The summed E-state index contributed by atoms with van der Waals surface area (Å²) in [6.07, 6.45) is -3.40. The van der Waals surface area contributed by atoms with Crippen LogP contribution in [0.15, 0.2) is 29.1 Å². The van der Waals surface area contributed by atoms with Gasteiger partial charge in [-0.15, -0.1) is 0 Å². The number of carbonyl (C=O) groups excluding carboxylic acids is 1. The van der Waals surface area contributed by atoms with Gasteiger partial charge in [-0.05, 0) is 29.7 Å². The zero-order chi connectivity index (χ0) is 23.3. The molecule has 0 bridgehead atoms. The van der Waals surface area contributed by atoms with E-state index < -0.39 is 58.3 Å². The van der Waals surface area contributed by atoms with E-state index >= 15 is 0 Å². The molecule has 0 aliphatic carbocycles. The molecule has 4 rings (SSSR count). The van der Waals surface area contributed by atoms with Crippen LogP contribution < -0.4 is 10.9 Å². The highest BCUT2D eigenvalue weighted by atomic mass is 19.3. The third kappa shape index (κ3) is 3.52. The first kappa shape index (κ1) is 21.9. The number of hydrogen-bond acceptors (Lipinski definition) is 3. The Balaban J connectivity index is 1.81. The van der Waals surface area contributed by atoms with E-state index in [0.717, 1.165) is 17.0 Å². The number of benzene rings is 2. The SMILES string of the molecule is CN(C(=O)c1cc(F)c(C(F)F)c(F)c1)C1CNCc2[nH]c(=O)c3cc(F)c(F)cc3c21. The van der Waals surface area contributed by atoms with Gasteiger partial charge >= 0.3 is 0 Å². The summed E-state index contributed by atoms with van der Waals surface area (Å²) in [4.78, 5) is 28.9. The monoisotopic (exact) mass is 455 g/mol. The summed E-state index contributed by atoms with van der Waals surface area (Å²) in [5.41, 5.74) is -1.94. The van der Waals surface area contributed by atoms with Gasteiger partial charge in [-0.3, -0.25) is 9.59 Å². The summed E-state index contributed by atoms with van der Waals surface area (Å²) in [5, 5.41) is 2.92. The minimum absolute atomic E-state index is 0.0826. The first-order valence-electron chi connectivity index (χ1n) is 9.39. The van der Waals surface area contributed by atoms with Crippen molar-refractivity contribution in [2.75, 3.05) is 13.6 Å². The lowest BCUT2D eigenvalue weighted by molar-refractivity contribution is 0.0721. The normalized spacial score (nSPS) is 15.8. The zero-order valence-electron chi connectivity index (χ0n) is 16.4. The molecular weight excluding hydrogens is 440 g/mol. The molecule has 0 saturated carbocycles. The predicted octanol–water partition coefficient (Wildman–Crippen LogP) is 3.94. The van der Waals surface area contributed by atoms with E-state index in [1.165, 1.54) is 7.05 Å². The van der Waals surface area contributed by atoms with E-state index in [-0.39, 0.29) is 23.9 Å². The van der Waals surface area contributed by atoms with Crippen LogP contribution in [-0.2, 0) is 6.54 Å². The van der Waals surface area contributed by atoms with Crippen molar-refractivity contribution in [1.29, 1.82) is 0 Å². The second-order valence-corrected chi connectivity index (χ2v) is 7.38. The maximum absolute atomic E-state index is 14.0. The number of halogens is 6. The van der Waals surface area contributed by atoms with Crippen molar-refractivity contribution >= 4 is 16.7 Å². The van der Waals surface area contributed by atoms with Gasteiger partial charge in [-0.25, -0.2) is 26.3 Å². The molecule has 3 aromatic rings. The highest BCUT2D eigenvalue weighted by Gasteiger charge is 2.32. The molecule has 5 nitrogen and oxygen atoms in total. The van der Waals surface area contributed by atoms with E-state index in [9.17, 15) is 35.9 Å². The Labute approximate surface area is 176 Å². The van der Waals surface area contributed by atoms with Gasteiger partial charge in [0.05, 0.1) is 17.0 Å². The Bertz CT molecular complexity index is 1280. The topological polar surface area (TPSA) is 65.2 Å². The van der Waals surface area contributed by atoms with Gasteiger partial charge in [0, 0.05) is 37.0 Å². The second-order valence-electron chi connectivity index (χ2n) is 7.38. The number of aromatic amines is 1. The molecule has 11 heteroatoms. The van der Waals surface area contributed by atoms with E-state index in [2.05, 4.69) is 10.3 Å². The first-order chi connectivity index (χ1) is 15.1. The number of hydrogen-bond donors (Lipinski definition) is 2. The van der Waals surface area contributed by atoms with Crippen molar-refractivity contribution in [1.82, 2.24) is 15.2 Å². The van der Waals surface area contributed by atoms with E-state index in [1.807, 2.05) is 0 Å². The fourth-order valence-corrected chi connectivity index (χ4v) is 3.94. The first-order valence-corrected chi connectivity index (χ1v) is 9.39. The van der Waals surface area contributed by atoms with Gasteiger partial charge in [0.15, 0.2) is 11.6 Å². The van der Waals surface area contributed by atoms with Gasteiger partial charge < -0.3 is 15.2 Å². The lowest BCUT2D eigenvalue weighted by atomic mass is 9.93. The molecule has 1 atom stereocenters. The fraction of sp³-hybridized carbons (Fsp3) is 0.238. The van der Waals surface area contributed by atoms with Crippen molar-refractivity contribution in [2.45, 2.75) is 19.0 Å². The number of H-pyrrole nitrogens is 1. The highest BCUT2D eigenvalue weighted by molar-refractivity contribution is 5.95. The van der Waals surface area contributed by atoms with Gasteiger partial charge in [0.2, 0.25) is 0 Å². The number of nitrogens with zero attached hydrogens (tertiary/aromatic N) is 1. The number of likely N-dealkylation sites (N-methyl/N-ethyl adjacent to an activating group) is 1. The molecule has 1 amide bonds. The summed E-state index contributed by atoms with van der Waals surface area (Å²) in [6.45, 7) is 0.292. The summed E-state index contributed by atoms with van der Waals surface area (Å²) < 4.78 is 81.2. The maximum Gasteiger partial charge on any atom is 0.269 e. The minimum atomic E-state index is -3.40. The maximum atomic E-state index is 14.0. The summed E-state index contributed by atoms with van der Waals surface area (Å²) in [6, 6.07) is 1.78. The van der Waals surface area contributed by atoms with Gasteiger partial charge in [0.25, 0.3) is 17.9 Å². The molecule has 0 fully saturated rings. The molecule has 1 unspecified atom stereocenters. The Hall–Kier alpha value is -3.34. The number of fused-ring (bicyclic) bond motifs is 3. The molecule has 168 valence electrons. The molecule has 2 aromatic carbocycles. The average Bonchev–Trinajstić information content (AvgIpc) is 2.72. The minimum Gasteiger partial charge on any atom is -0.333 e. The van der Waals surface area contributed by atoms with Crippen LogP contribution >= 0.6 is 0 Å². The quantitative estimate of drug-likeness (QED) is 0.589. The molecule has 2 heterocycles. The van der Waals surface area contributed by atoms with Crippen molar-refractivity contribution in [3.8, 4) is 0 Å². The number of carbonyl (C=O) groups is 1. The van der Waals surface area contributed by atoms with Crippen LogP contribution in [0.3, 0.4) is 0 Å². The van der Waals surface area contributed by atoms with Gasteiger partial charge in [-0.1, -0.05) is 0 Å². The van der Waals surface area contributed by atoms with Crippen LogP contribution in [0.4, 0.5) is 26.3 Å². The van der Waals surface area contributed by atoms with Crippen LogP contribution in [0.25, 0.3) is 10.8 Å². The van der Waals surface area contributed by atoms with Crippen LogP contribution in [-0.4, -0.2) is 29.4 Å². The van der Waals surface area contributed by atoms with Crippen LogP contribution in [0.2, 0.25) is 0 Å². The van der Waals surface area contributed by atoms with Crippen LogP contribution in [0.1, 0.15) is 39.6 Å². The van der Waals surface area contributed by atoms with E-state index in [0.29, 0.717) is 23.4 Å². The molecule has 0 radical (unpaired) electrons. The van der Waals surface area contributed by atoms with Crippen LogP contribution in [0.5, 0.6) is 0 Å². The van der Waals surface area contributed by atoms with E-state index in [1.54, 1.807) is 0 Å². The van der Waals surface area contributed by atoms with Crippen molar-refractivity contribution in [3.63, 3.8) is 0 Å². The van der Waals surface area contributed by atoms with Crippen molar-refractivity contribution in [2.24, 2.45) is 0 Å². The molecule has 0 saturated heterocycles. The molecule has 1 aromatic heterocycles. The third-order valence-corrected chi connectivity index (χ3v) is 5.49. The average molecular weight is 455 g/mol. The summed E-state index contributed by atoms with van der Waals surface area (Å²) >= 11 is 0. The van der Waals surface area contributed by atoms with Gasteiger partial charge in [0.1, 0.15) is 11.6 Å². The number of aromatic nitrogens is 1. The lowest BCUT2D eigenvalue weighted by Crippen LogP contribution is -2.42. The molecule has 32 heavy (non-hydrogen) atoms. The lowest BCUT2D eigenvalue weighted by Gasteiger charge is -2.34. The molecule has 2 N–H and O–H groups in total. The molecule has 1 aliphatic heterocycles. The Morgan fingerprint density at radius 1 is 1.00 bits per heavy atom. The summed E-state index contributed by atoms with van der Waals surface area (Å²) in [5.74, 6) is -6.44. The summed E-state index contributed by atoms with van der Waals surface area (Å²) in [7, 11) is 1.30. The fourth-order valence-electron chi connectivity index (χ4n) is 3.94. The number of rotatable bonds is 3.